The van der Waals surface area contributed by atoms with Crippen LogP contribution >= 0.6 is 0 Å². The van der Waals surface area contributed by atoms with Gasteiger partial charge in [0.05, 0.1) is 10.8 Å². The SMILES string of the molecule is CC(C)S(=O)(=O)Nc1cccc(C(=O)/[N+](N)=C\C2CCCCC2)c1. The van der Waals surface area contributed by atoms with E-state index in [0.717, 1.165) is 30.4 Å². The highest BCUT2D eigenvalue weighted by Crippen LogP contribution is 2.22. The predicted octanol–water partition coefficient (Wildman–Crippen LogP) is 2.51. The van der Waals surface area contributed by atoms with E-state index in [9.17, 15) is 13.2 Å². The van der Waals surface area contributed by atoms with Crippen LogP contribution in [0.3, 0.4) is 0 Å². The van der Waals surface area contributed by atoms with Crippen molar-refractivity contribution in [1.82, 2.24) is 0 Å². The van der Waals surface area contributed by atoms with Gasteiger partial charge in [-0.15, -0.1) is 0 Å². The van der Waals surface area contributed by atoms with Gasteiger partial charge >= 0.3 is 5.91 Å². The maximum absolute atomic E-state index is 12.5. The third-order valence-corrected chi connectivity index (χ3v) is 6.01. The number of carbonyl (C=O) groups is 1. The van der Waals surface area contributed by atoms with Crippen LogP contribution in [-0.4, -0.2) is 30.5 Å². The number of nitrogens with zero attached hydrogens (tertiary/aromatic N) is 1. The molecule has 0 radical (unpaired) electrons. The van der Waals surface area contributed by atoms with Crippen LogP contribution in [0.15, 0.2) is 24.3 Å². The standard InChI is InChI=1S/C17H26N3O3S/c1-13(2)24(22,23)19-16-10-6-9-15(11-16)17(21)20(18)12-14-7-4-3-5-8-14/h6,9-14,19H,3-5,7-8,18H2,1-2H3/q+1/b20-12+. The van der Waals surface area contributed by atoms with Crippen molar-refractivity contribution in [2.75, 3.05) is 4.72 Å². The first-order valence-corrected chi connectivity index (χ1v) is 9.89. The first-order valence-electron chi connectivity index (χ1n) is 8.34. The third kappa shape index (κ3) is 4.80. The summed E-state index contributed by atoms with van der Waals surface area (Å²) in [5.74, 6) is 5.88. The van der Waals surface area contributed by atoms with Gasteiger partial charge in [0.15, 0.2) is 6.21 Å². The number of nitrogens with two attached hydrogens (primary N) is 1. The molecule has 1 aromatic rings. The van der Waals surface area contributed by atoms with E-state index in [-0.39, 0.29) is 5.91 Å². The first kappa shape index (κ1) is 18.4. The van der Waals surface area contributed by atoms with Gasteiger partial charge in [0.2, 0.25) is 10.0 Å². The van der Waals surface area contributed by atoms with Gasteiger partial charge in [-0.3, -0.25) is 4.72 Å². The Morgan fingerprint density at radius 1 is 1.29 bits per heavy atom. The molecule has 1 fully saturated rings. The number of hydrazine groups is 1. The molecule has 6 nitrogen and oxygen atoms in total. The van der Waals surface area contributed by atoms with E-state index in [1.54, 1.807) is 38.3 Å². The number of hydrogen-bond acceptors (Lipinski definition) is 4. The summed E-state index contributed by atoms with van der Waals surface area (Å²) >= 11 is 0. The number of rotatable bonds is 5. The fraction of sp³-hybridized carbons (Fsp3) is 0.529. The van der Waals surface area contributed by atoms with Crippen molar-refractivity contribution < 1.29 is 17.9 Å². The maximum atomic E-state index is 12.5. The fourth-order valence-corrected chi connectivity index (χ4v) is 3.42. The second kappa shape index (κ2) is 7.79. The van der Waals surface area contributed by atoms with Crippen LogP contribution in [-0.2, 0) is 10.0 Å². The van der Waals surface area contributed by atoms with E-state index in [1.165, 1.54) is 12.5 Å². The average Bonchev–Trinajstić information content (AvgIpc) is 2.54. The molecule has 0 unspecified atom stereocenters. The summed E-state index contributed by atoms with van der Waals surface area (Å²) in [4.78, 5) is 12.5. The van der Waals surface area contributed by atoms with E-state index in [1.807, 2.05) is 0 Å². The van der Waals surface area contributed by atoms with Crippen molar-refractivity contribution in [3.05, 3.63) is 29.8 Å². The van der Waals surface area contributed by atoms with Crippen molar-refractivity contribution in [2.45, 2.75) is 51.2 Å². The zero-order valence-corrected chi connectivity index (χ0v) is 15.1. The van der Waals surface area contributed by atoms with Crippen LogP contribution in [0.4, 0.5) is 5.69 Å². The van der Waals surface area contributed by atoms with Crippen molar-refractivity contribution in [3.63, 3.8) is 0 Å². The lowest BCUT2D eigenvalue weighted by Crippen LogP contribution is -2.31. The van der Waals surface area contributed by atoms with Gasteiger partial charge < -0.3 is 0 Å². The fourth-order valence-electron chi connectivity index (χ4n) is 2.72. The van der Waals surface area contributed by atoms with Crippen LogP contribution in [0.25, 0.3) is 0 Å². The third-order valence-electron chi connectivity index (χ3n) is 4.25. The van der Waals surface area contributed by atoms with Crippen LogP contribution in [0, 0.1) is 5.92 Å². The van der Waals surface area contributed by atoms with E-state index in [0.29, 0.717) is 17.2 Å². The number of hydrogen-bond donors (Lipinski definition) is 2. The molecule has 1 aliphatic carbocycles. The highest BCUT2D eigenvalue weighted by Gasteiger charge is 2.23. The van der Waals surface area contributed by atoms with Crippen molar-refractivity contribution in [3.8, 4) is 0 Å². The highest BCUT2D eigenvalue weighted by molar-refractivity contribution is 7.93. The topological polar surface area (TPSA) is 92.3 Å². The number of anilines is 1. The molecule has 0 aliphatic heterocycles. The summed E-state index contributed by atoms with van der Waals surface area (Å²) < 4.78 is 27.5. The van der Waals surface area contributed by atoms with Crippen molar-refractivity contribution >= 4 is 27.8 Å². The van der Waals surface area contributed by atoms with E-state index >= 15 is 0 Å². The number of hydrazone groups is 1. The Balaban J connectivity index is 2.15. The Bertz CT molecular complexity index is 720. The lowest BCUT2D eigenvalue weighted by Gasteiger charge is -2.15. The van der Waals surface area contributed by atoms with Gasteiger partial charge in [-0.2, -0.15) is 0 Å². The van der Waals surface area contributed by atoms with Gasteiger partial charge in [0.25, 0.3) is 0 Å². The number of benzene rings is 1. The number of carbonyl (C=O) groups excluding carboxylic acids is 1. The Morgan fingerprint density at radius 3 is 2.58 bits per heavy atom. The van der Waals surface area contributed by atoms with E-state index < -0.39 is 15.3 Å². The van der Waals surface area contributed by atoms with Crippen LogP contribution in [0.5, 0.6) is 0 Å². The van der Waals surface area contributed by atoms with Gasteiger partial charge in [0.1, 0.15) is 0 Å². The molecular weight excluding hydrogens is 326 g/mol. The van der Waals surface area contributed by atoms with Crippen molar-refractivity contribution in [2.24, 2.45) is 11.8 Å². The molecule has 1 amide bonds. The second-order valence-electron chi connectivity index (χ2n) is 6.54. The number of amides is 1. The van der Waals surface area contributed by atoms with Gasteiger partial charge in [-0.1, -0.05) is 30.0 Å². The normalized spacial score (nSPS) is 17.0. The van der Waals surface area contributed by atoms with Crippen molar-refractivity contribution in [1.29, 1.82) is 0 Å². The minimum Gasteiger partial charge on any atom is -0.283 e. The molecule has 1 aromatic carbocycles. The molecule has 2 rings (SSSR count). The largest absolute Gasteiger partial charge is 0.446 e. The molecule has 0 bridgehead atoms. The maximum Gasteiger partial charge on any atom is 0.446 e. The summed E-state index contributed by atoms with van der Waals surface area (Å²) in [7, 11) is -3.45. The lowest BCUT2D eigenvalue weighted by atomic mass is 9.90. The number of sulfonamides is 1. The molecule has 0 heterocycles. The zero-order valence-electron chi connectivity index (χ0n) is 14.2. The van der Waals surface area contributed by atoms with Gasteiger partial charge in [-0.25, -0.2) is 19.1 Å². The monoisotopic (exact) mass is 352 g/mol. The zero-order chi connectivity index (χ0) is 17.7. The molecule has 0 saturated heterocycles. The molecule has 1 saturated carbocycles. The molecule has 1 aliphatic rings. The molecule has 3 N–H and O–H groups in total. The molecule has 0 aromatic heterocycles. The highest BCUT2D eigenvalue weighted by atomic mass is 32.2. The Hall–Kier alpha value is -1.89. The van der Waals surface area contributed by atoms with Crippen LogP contribution in [0.2, 0.25) is 0 Å². The first-order chi connectivity index (χ1) is 11.3. The molecule has 132 valence electrons. The smallest absolute Gasteiger partial charge is 0.283 e. The Morgan fingerprint density at radius 2 is 1.96 bits per heavy atom. The number of nitrogens with one attached hydrogen (secondary N) is 1. The Labute approximate surface area is 143 Å². The van der Waals surface area contributed by atoms with Gasteiger partial charge in [0, 0.05) is 11.6 Å². The Kier molecular flexibility index (Phi) is 5.99. The quantitative estimate of drug-likeness (QED) is 0.280. The summed E-state index contributed by atoms with van der Waals surface area (Å²) in [5, 5.41) is -0.553. The van der Waals surface area contributed by atoms with Crippen LogP contribution in [0.1, 0.15) is 56.3 Å². The molecule has 7 heteroatoms. The van der Waals surface area contributed by atoms with Gasteiger partial charge in [-0.05, 0) is 44.9 Å². The van der Waals surface area contributed by atoms with Crippen LogP contribution < -0.4 is 10.6 Å². The predicted molar refractivity (Wildman–Crippen MR) is 95.5 cm³/mol. The summed E-state index contributed by atoms with van der Waals surface area (Å²) in [6.45, 7) is 3.19. The molecule has 24 heavy (non-hydrogen) atoms. The lowest BCUT2D eigenvalue weighted by molar-refractivity contribution is -0.437. The van der Waals surface area contributed by atoms with E-state index in [2.05, 4.69) is 4.72 Å². The summed E-state index contributed by atoms with van der Waals surface area (Å²) in [5.41, 5.74) is 0.717. The van der Waals surface area contributed by atoms with E-state index in [4.69, 9.17) is 5.84 Å². The molecule has 0 atom stereocenters. The second-order valence-corrected chi connectivity index (χ2v) is 8.77. The minimum atomic E-state index is -3.45. The summed E-state index contributed by atoms with van der Waals surface area (Å²) in [6, 6.07) is 6.39. The average molecular weight is 352 g/mol. The molecule has 0 spiro atoms. The minimum absolute atomic E-state index is 0.329. The molecular formula is C17H26N3O3S+. The summed E-state index contributed by atoms with van der Waals surface area (Å²) in [6.07, 6.45) is 7.45.